The standard InChI is InChI=1S/C33H34F2N6O2/c1-22-19-41(33(23-3-7-25(34)8-4-23)24-5-9-26(35)10-6-24)28(20-39-13-15-43-16-14-39)21-40(22)30-17-31(42)38(2)29-12-11-27(18-36)37-32(29)30/h3-12,17,22,28,33H,13-16,19-21H2,1-2H3/t22-,28?/m0/s1. The van der Waals surface area contributed by atoms with Crippen LogP contribution in [-0.4, -0.2) is 77.4 Å². The van der Waals surface area contributed by atoms with E-state index in [0.717, 1.165) is 30.8 Å². The van der Waals surface area contributed by atoms with Gasteiger partial charge in [-0.1, -0.05) is 24.3 Å². The van der Waals surface area contributed by atoms with E-state index in [4.69, 9.17) is 4.74 Å². The summed E-state index contributed by atoms with van der Waals surface area (Å²) in [6, 6.07) is 19.9. The largest absolute Gasteiger partial charge is 0.379 e. The fourth-order valence-electron chi connectivity index (χ4n) is 6.42. The molecule has 8 nitrogen and oxygen atoms in total. The maximum absolute atomic E-state index is 14.0. The van der Waals surface area contributed by atoms with Crippen LogP contribution in [0.4, 0.5) is 14.5 Å². The number of fused-ring (bicyclic) bond motifs is 1. The molecule has 0 N–H and O–H groups in total. The van der Waals surface area contributed by atoms with E-state index in [0.29, 0.717) is 43.0 Å². The van der Waals surface area contributed by atoms with E-state index in [9.17, 15) is 18.8 Å². The van der Waals surface area contributed by atoms with Gasteiger partial charge in [0.05, 0.1) is 30.5 Å². The maximum Gasteiger partial charge on any atom is 0.252 e. The minimum atomic E-state index is -0.313. The Morgan fingerprint density at radius 3 is 2.21 bits per heavy atom. The average Bonchev–Trinajstić information content (AvgIpc) is 3.02. The quantitative estimate of drug-likeness (QED) is 0.338. The van der Waals surface area contributed by atoms with Gasteiger partial charge in [0.25, 0.3) is 5.56 Å². The first-order chi connectivity index (χ1) is 20.8. The number of benzene rings is 2. The number of pyridine rings is 2. The van der Waals surface area contributed by atoms with Crippen molar-refractivity contribution in [2.45, 2.75) is 25.0 Å². The lowest BCUT2D eigenvalue weighted by molar-refractivity contribution is 0.0137. The third kappa shape index (κ3) is 5.89. The number of ether oxygens (including phenoxy) is 1. The fourth-order valence-corrected chi connectivity index (χ4v) is 6.42. The lowest BCUT2D eigenvalue weighted by Crippen LogP contribution is -2.62. The predicted octanol–water partition coefficient (Wildman–Crippen LogP) is 4.08. The first kappa shape index (κ1) is 28.9. The highest BCUT2D eigenvalue weighted by molar-refractivity contribution is 5.89. The molecule has 2 aliphatic heterocycles. The fraction of sp³-hybridized carbons (Fsp3) is 0.364. The van der Waals surface area contributed by atoms with E-state index in [-0.39, 0.29) is 41.0 Å². The lowest BCUT2D eigenvalue weighted by Gasteiger charge is -2.51. The molecule has 2 atom stereocenters. The molecule has 0 aliphatic carbocycles. The van der Waals surface area contributed by atoms with Gasteiger partial charge in [0.1, 0.15) is 28.9 Å². The molecule has 0 radical (unpaired) electrons. The highest BCUT2D eigenvalue weighted by atomic mass is 19.1. The SMILES string of the molecule is C[C@H]1CN(C(c2ccc(F)cc2)c2ccc(F)cc2)C(CN2CCOCC2)CN1c1cc(=O)n(C)c2ccc(C#N)nc12. The van der Waals surface area contributed by atoms with Crippen LogP contribution in [0.15, 0.2) is 71.5 Å². The van der Waals surface area contributed by atoms with Crippen molar-refractivity contribution in [2.24, 2.45) is 7.05 Å². The van der Waals surface area contributed by atoms with E-state index < -0.39 is 0 Å². The average molecular weight is 585 g/mol. The molecule has 4 aromatic rings. The van der Waals surface area contributed by atoms with E-state index >= 15 is 0 Å². The third-order valence-corrected chi connectivity index (χ3v) is 8.65. The number of rotatable bonds is 6. The van der Waals surface area contributed by atoms with Crippen molar-refractivity contribution >= 4 is 16.7 Å². The van der Waals surface area contributed by atoms with Crippen molar-refractivity contribution in [3.8, 4) is 6.07 Å². The molecule has 43 heavy (non-hydrogen) atoms. The molecule has 2 aromatic heterocycles. The summed E-state index contributed by atoms with van der Waals surface area (Å²) < 4.78 is 35.2. The van der Waals surface area contributed by atoms with Gasteiger partial charge >= 0.3 is 0 Å². The van der Waals surface area contributed by atoms with Crippen LogP contribution in [0.5, 0.6) is 0 Å². The van der Waals surface area contributed by atoms with E-state index in [1.54, 1.807) is 54.1 Å². The Hall–Kier alpha value is -4.17. The molecule has 1 unspecified atom stereocenters. The van der Waals surface area contributed by atoms with Gasteiger partial charge in [-0.05, 0) is 54.4 Å². The second kappa shape index (κ2) is 12.2. The number of nitriles is 1. The molecule has 0 bridgehead atoms. The van der Waals surface area contributed by atoms with Crippen molar-refractivity contribution < 1.29 is 13.5 Å². The highest BCUT2D eigenvalue weighted by Gasteiger charge is 2.39. The topological polar surface area (TPSA) is 77.6 Å². The molecule has 2 saturated heterocycles. The number of nitrogens with zero attached hydrogens (tertiary/aromatic N) is 6. The summed E-state index contributed by atoms with van der Waals surface area (Å²) in [5, 5.41) is 9.58. The zero-order valence-corrected chi connectivity index (χ0v) is 24.3. The molecule has 6 rings (SSSR count). The molecule has 2 aromatic carbocycles. The van der Waals surface area contributed by atoms with Gasteiger partial charge in [-0.2, -0.15) is 5.26 Å². The van der Waals surface area contributed by atoms with Crippen molar-refractivity contribution in [1.82, 2.24) is 19.4 Å². The van der Waals surface area contributed by atoms with Crippen LogP contribution >= 0.6 is 0 Å². The Morgan fingerprint density at radius 1 is 0.977 bits per heavy atom. The first-order valence-corrected chi connectivity index (χ1v) is 14.6. The van der Waals surface area contributed by atoms with Crippen LogP contribution in [0.2, 0.25) is 0 Å². The van der Waals surface area contributed by atoms with Crippen molar-refractivity contribution in [2.75, 3.05) is 50.8 Å². The van der Waals surface area contributed by atoms with Gasteiger partial charge in [0, 0.05) is 57.9 Å². The monoisotopic (exact) mass is 584 g/mol. The first-order valence-electron chi connectivity index (χ1n) is 14.6. The number of aromatic nitrogens is 2. The minimum Gasteiger partial charge on any atom is -0.379 e. The maximum atomic E-state index is 14.0. The van der Waals surface area contributed by atoms with Gasteiger partial charge in [-0.25, -0.2) is 13.8 Å². The Bertz CT molecular complexity index is 1650. The summed E-state index contributed by atoms with van der Waals surface area (Å²) in [4.78, 5) is 24.8. The number of piperazine rings is 1. The minimum absolute atomic E-state index is 0.0207. The Kier molecular flexibility index (Phi) is 8.21. The van der Waals surface area contributed by atoms with E-state index in [1.165, 1.54) is 24.3 Å². The van der Waals surface area contributed by atoms with Gasteiger partial charge in [0.15, 0.2) is 0 Å². The number of halogens is 2. The Morgan fingerprint density at radius 2 is 1.60 bits per heavy atom. The normalized spacial score (nSPS) is 20.0. The molecule has 2 fully saturated rings. The Balaban J connectivity index is 1.45. The number of aryl methyl sites for hydroxylation is 1. The Labute approximate surface area is 249 Å². The molecular weight excluding hydrogens is 550 g/mol. The van der Waals surface area contributed by atoms with Crippen molar-refractivity contribution in [3.05, 3.63) is 106 Å². The lowest BCUT2D eigenvalue weighted by atomic mass is 9.92. The van der Waals surface area contributed by atoms with Crippen LogP contribution in [0, 0.1) is 23.0 Å². The zero-order chi connectivity index (χ0) is 30.1. The van der Waals surface area contributed by atoms with Crippen LogP contribution in [0.1, 0.15) is 29.8 Å². The van der Waals surface area contributed by atoms with Gasteiger partial charge in [0.2, 0.25) is 0 Å². The molecule has 0 saturated carbocycles. The van der Waals surface area contributed by atoms with Gasteiger partial charge < -0.3 is 14.2 Å². The number of morpholine rings is 1. The second-order valence-corrected chi connectivity index (χ2v) is 11.4. The van der Waals surface area contributed by atoms with E-state index in [2.05, 4.69) is 32.7 Å². The highest BCUT2D eigenvalue weighted by Crippen LogP contribution is 2.36. The predicted molar refractivity (Wildman–Crippen MR) is 161 cm³/mol. The molecule has 0 spiro atoms. The number of hydrogen-bond donors (Lipinski definition) is 0. The molecule has 0 amide bonds. The van der Waals surface area contributed by atoms with Crippen LogP contribution in [0.3, 0.4) is 0 Å². The smallest absolute Gasteiger partial charge is 0.252 e. The van der Waals surface area contributed by atoms with Crippen molar-refractivity contribution in [1.29, 1.82) is 5.26 Å². The van der Waals surface area contributed by atoms with Crippen LogP contribution in [-0.2, 0) is 11.8 Å². The number of anilines is 1. The summed E-state index contributed by atoms with van der Waals surface area (Å²) in [5.41, 5.74) is 3.95. The van der Waals surface area contributed by atoms with Crippen LogP contribution in [0.25, 0.3) is 11.0 Å². The third-order valence-electron chi connectivity index (χ3n) is 8.65. The summed E-state index contributed by atoms with van der Waals surface area (Å²) in [7, 11) is 1.71. The van der Waals surface area contributed by atoms with Gasteiger partial charge in [-0.15, -0.1) is 0 Å². The van der Waals surface area contributed by atoms with E-state index in [1.807, 2.05) is 0 Å². The molecule has 222 valence electrons. The van der Waals surface area contributed by atoms with Crippen molar-refractivity contribution in [3.63, 3.8) is 0 Å². The second-order valence-electron chi connectivity index (χ2n) is 11.4. The summed E-state index contributed by atoms with van der Waals surface area (Å²) in [5.74, 6) is -0.627. The zero-order valence-electron chi connectivity index (χ0n) is 24.3. The number of hydrogen-bond acceptors (Lipinski definition) is 7. The molecule has 2 aliphatic rings. The molecule has 4 heterocycles. The van der Waals surface area contributed by atoms with Crippen LogP contribution < -0.4 is 10.5 Å². The summed E-state index contributed by atoms with van der Waals surface area (Å²) in [6.45, 7) is 6.98. The van der Waals surface area contributed by atoms with Gasteiger partial charge in [-0.3, -0.25) is 14.6 Å². The molecular formula is C33H34F2N6O2. The summed E-state index contributed by atoms with van der Waals surface area (Å²) in [6.07, 6.45) is 0. The molecule has 10 heteroatoms. The summed E-state index contributed by atoms with van der Waals surface area (Å²) >= 11 is 0.